The summed E-state index contributed by atoms with van der Waals surface area (Å²) in [7, 11) is 0. The van der Waals surface area contributed by atoms with Crippen LogP contribution in [-0.4, -0.2) is 21.2 Å². The van der Waals surface area contributed by atoms with Crippen LogP contribution in [0.4, 0.5) is 5.13 Å². The number of carbonyl (C=O) groups excluding carboxylic acids is 1. The predicted octanol–water partition coefficient (Wildman–Crippen LogP) is 5.06. The van der Waals surface area contributed by atoms with Crippen molar-refractivity contribution in [3.8, 4) is 5.75 Å². The number of halogens is 1. The maximum atomic E-state index is 13.6. The molecule has 0 fully saturated rings. The average molecular weight is 512 g/mol. The molecule has 0 spiro atoms. The van der Waals surface area contributed by atoms with Gasteiger partial charge in [-0.15, -0.1) is 10.2 Å². The van der Waals surface area contributed by atoms with Crippen LogP contribution in [0, 0.1) is 5.92 Å². The molecule has 9 heteroatoms. The fourth-order valence-electron chi connectivity index (χ4n) is 3.93. The number of phenols is 1. The van der Waals surface area contributed by atoms with Crippen LogP contribution in [-0.2, 0) is 6.42 Å². The molecule has 32 heavy (non-hydrogen) atoms. The third kappa shape index (κ3) is 3.41. The maximum absolute atomic E-state index is 13.6. The lowest BCUT2D eigenvalue weighted by atomic mass is 9.98. The number of carbonyl (C=O) groups is 1. The van der Waals surface area contributed by atoms with Crippen molar-refractivity contribution in [2.45, 2.75) is 26.3 Å². The second kappa shape index (κ2) is 7.83. The zero-order chi connectivity index (χ0) is 22.6. The van der Waals surface area contributed by atoms with Gasteiger partial charge in [-0.25, -0.2) is 0 Å². The van der Waals surface area contributed by atoms with Crippen molar-refractivity contribution in [3.63, 3.8) is 0 Å². The number of phenolic OH excluding ortho intramolecular Hbond substituents is 1. The number of anilines is 1. The zero-order valence-corrected chi connectivity index (χ0v) is 19.6. The third-order valence-electron chi connectivity index (χ3n) is 5.26. The molecule has 1 N–H and O–H groups in total. The van der Waals surface area contributed by atoms with Gasteiger partial charge in [-0.2, -0.15) is 0 Å². The van der Waals surface area contributed by atoms with E-state index in [9.17, 15) is 14.7 Å². The standard InChI is InChI=1S/C23H18BrN3O4S/c1-11(2)8-17-25-26-23(32-17)27-19(12-4-3-5-14(28)9-12)18-20(29)15-10-13(24)6-7-16(15)31-21(18)22(27)30/h3-7,9-11,19,28H,8H2,1-2H3. The van der Waals surface area contributed by atoms with Crippen LogP contribution in [0.2, 0.25) is 0 Å². The highest BCUT2D eigenvalue weighted by molar-refractivity contribution is 9.10. The molecule has 162 valence electrons. The molecule has 1 aliphatic rings. The third-order valence-corrected chi connectivity index (χ3v) is 6.70. The van der Waals surface area contributed by atoms with Crippen molar-refractivity contribution >= 4 is 49.3 Å². The normalized spacial score (nSPS) is 15.7. The number of hydrogen-bond donors (Lipinski definition) is 1. The minimum atomic E-state index is -0.788. The van der Waals surface area contributed by atoms with Gasteiger partial charge in [0.1, 0.15) is 16.3 Å². The fraction of sp³-hybridized carbons (Fsp3) is 0.217. The van der Waals surface area contributed by atoms with E-state index in [-0.39, 0.29) is 22.5 Å². The summed E-state index contributed by atoms with van der Waals surface area (Å²) in [6.07, 6.45) is 0.735. The highest BCUT2D eigenvalue weighted by atomic mass is 79.9. The monoisotopic (exact) mass is 511 g/mol. The molecule has 0 bridgehead atoms. The second-order valence-corrected chi connectivity index (χ2v) is 10.0. The first kappa shape index (κ1) is 20.8. The van der Waals surface area contributed by atoms with E-state index in [1.54, 1.807) is 36.4 Å². The molecule has 7 nitrogen and oxygen atoms in total. The lowest BCUT2D eigenvalue weighted by molar-refractivity contribution is 0.0970. The molecule has 0 saturated heterocycles. The lowest BCUT2D eigenvalue weighted by Crippen LogP contribution is -2.29. The Morgan fingerprint density at radius 3 is 2.75 bits per heavy atom. The van der Waals surface area contributed by atoms with Gasteiger partial charge in [0.2, 0.25) is 10.9 Å². The van der Waals surface area contributed by atoms with Crippen LogP contribution in [0.15, 0.2) is 56.1 Å². The number of nitrogens with zero attached hydrogens (tertiary/aromatic N) is 3. The van der Waals surface area contributed by atoms with Crippen molar-refractivity contribution in [2.75, 3.05) is 4.90 Å². The van der Waals surface area contributed by atoms with Crippen LogP contribution < -0.4 is 10.3 Å². The molecule has 1 aliphatic heterocycles. The molecule has 0 radical (unpaired) electrons. The van der Waals surface area contributed by atoms with Crippen molar-refractivity contribution in [2.24, 2.45) is 5.92 Å². The molecule has 5 rings (SSSR count). The van der Waals surface area contributed by atoms with Gasteiger partial charge >= 0.3 is 0 Å². The summed E-state index contributed by atoms with van der Waals surface area (Å²) < 4.78 is 6.67. The summed E-state index contributed by atoms with van der Waals surface area (Å²) in [5, 5.41) is 20.2. The minimum Gasteiger partial charge on any atom is -0.508 e. The number of aromatic nitrogens is 2. The number of amides is 1. The Morgan fingerprint density at radius 1 is 1.19 bits per heavy atom. The van der Waals surface area contributed by atoms with Crippen molar-refractivity contribution in [1.29, 1.82) is 0 Å². The smallest absolute Gasteiger partial charge is 0.297 e. The number of rotatable bonds is 4. The minimum absolute atomic E-state index is 0.0150. The molecule has 1 atom stereocenters. The topological polar surface area (TPSA) is 96.5 Å². The quantitative estimate of drug-likeness (QED) is 0.411. The van der Waals surface area contributed by atoms with E-state index >= 15 is 0 Å². The fourth-order valence-corrected chi connectivity index (χ4v) is 5.36. The summed E-state index contributed by atoms with van der Waals surface area (Å²) in [5.74, 6) is -0.0496. The second-order valence-electron chi connectivity index (χ2n) is 8.06. The largest absolute Gasteiger partial charge is 0.508 e. The van der Waals surface area contributed by atoms with E-state index in [4.69, 9.17) is 4.42 Å². The summed E-state index contributed by atoms with van der Waals surface area (Å²) >= 11 is 4.71. The van der Waals surface area contributed by atoms with Gasteiger partial charge < -0.3 is 9.52 Å². The van der Waals surface area contributed by atoms with E-state index in [2.05, 4.69) is 40.0 Å². The first-order valence-corrected chi connectivity index (χ1v) is 11.7. The predicted molar refractivity (Wildman–Crippen MR) is 125 cm³/mol. The Hall–Kier alpha value is -3.04. The first-order valence-electron chi connectivity index (χ1n) is 10.0. The Labute approximate surface area is 195 Å². The molecule has 4 aromatic rings. The molecule has 2 aromatic carbocycles. The van der Waals surface area contributed by atoms with Crippen LogP contribution in [0.25, 0.3) is 11.0 Å². The zero-order valence-electron chi connectivity index (χ0n) is 17.2. The van der Waals surface area contributed by atoms with E-state index in [0.29, 0.717) is 27.6 Å². The van der Waals surface area contributed by atoms with Crippen LogP contribution >= 0.6 is 27.3 Å². The van der Waals surface area contributed by atoms with E-state index in [1.807, 2.05) is 0 Å². The first-order chi connectivity index (χ1) is 15.3. The lowest BCUT2D eigenvalue weighted by Gasteiger charge is -2.22. The van der Waals surface area contributed by atoms with Gasteiger partial charge in [-0.3, -0.25) is 14.5 Å². The van der Waals surface area contributed by atoms with E-state index in [1.165, 1.54) is 22.3 Å². The molecular formula is C23H18BrN3O4S. The average Bonchev–Trinajstić information content (AvgIpc) is 3.30. The Bertz CT molecular complexity index is 1430. The van der Waals surface area contributed by atoms with Crippen molar-refractivity contribution < 1.29 is 14.3 Å². The van der Waals surface area contributed by atoms with Gasteiger partial charge in [0.15, 0.2) is 5.43 Å². The van der Waals surface area contributed by atoms with Gasteiger partial charge in [0, 0.05) is 10.9 Å². The molecule has 1 unspecified atom stereocenters. The highest BCUT2D eigenvalue weighted by Gasteiger charge is 2.45. The van der Waals surface area contributed by atoms with Crippen LogP contribution in [0.3, 0.4) is 0 Å². The summed E-state index contributed by atoms with van der Waals surface area (Å²) in [4.78, 5) is 28.5. The molecule has 0 saturated carbocycles. The van der Waals surface area contributed by atoms with Crippen molar-refractivity contribution in [3.05, 3.63) is 79.1 Å². The van der Waals surface area contributed by atoms with Gasteiger partial charge in [0.05, 0.1) is 17.0 Å². The Kier molecular flexibility index (Phi) is 5.10. The van der Waals surface area contributed by atoms with Gasteiger partial charge in [-0.1, -0.05) is 53.2 Å². The van der Waals surface area contributed by atoms with Gasteiger partial charge in [-0.05, 0) is 41.8 Å². The molecule has 0 aliphatic carbocycles. The van der Waals surface area contributed by atoms with E-state index in [0.717, 1.165) is 15.9 Å². The summed E-state index contributed by atoms with van der Waals surface area (Å²) in [6.45, 7) is 4.17. The molecular weight excluding hydrogens is 494 g/mol. The van der Waals surface area contributed by atoms with Crippen LogP contribution in [0.5, 0.6) is 5.75 Å². The molecule has 1 amide bonds. The number of aromatic hydroxyl groups is 1. The molecule has 3 heterocycles. The summed E-state index contributed by atoms with van der Waals surface area (Å²) in [5.41, 5.74) is 0.851. The highest BCUT2D eigenvalue weighted by Crippen LogP contribution is 2.43. The number of hydrogen-bond acceptors (Lipinski definition) is 7. The number of fused-ring (bicyclic) bond motifs is 2. The Balaban J connectivity index is 1.75. The Morgan fingerprint density at radius 2 is 2.00 bits per heavy atom. The van der Waals surface area contributed by atoms with E-state index < -0.39 is 11.9 Å². The summed E-state index contributed by atoms with van der Waals surface area (Å²) in [6, 6.07) is 10.8. The molecule has 2 aromatic heterocycles. The van der Waals surface area contributed by atoms with Crippen LogP contribution in [0.1, 0.15) is 46.6 Å². The van der Waals surface area contributed by atoms with Gasteiger partial charge in [0.25, 0.3) is 5.91 Å². The van der Waals surface area contributed by atoms with Crippen molar-refractivity contribution in [1.82, 2.24) is 10.2 Å². The maximum Gasteiger partial charge on any atom is 0.297 e. The SMILES string of the molecule is CC(C)Cc1nnc(N2C(=O)c3oc4ccc(Br)cc4c(=O)c3C2c2cccc(O)c2)s1. The number of benzene rings is 2.